The first kappa shape index (κ1) is 15.9. The zero-order chi connectivity index (χ0) is 19.1. The molecule has 6 heteroatoms. The molecule has 0 aromatic carbocycles. The highest BCUT2D eigenvalue weighted by molar-refractivity contribution is 5.95. The zero-order valence-electron chi connectivity index (χ0n) is 16.4. The van der Waals surface area contributed by atoms with E-state index < -0.39 is 0 Å². The van der Waals surface area contributed by atoms with Crippen molar-refractivity contribution in [2.45, 2.75) is 52.4 Å². The van der Waals surface area contributed by atoms with Crippen molar-refractivity contribution in [2.75, 3.05) is 10.6 Å². The molecule has 0 aliphatic heterocycles. The van der Waals surface area contributed by atoms with E-state index in [4.69, 9.17) is 0 Å². The van der Waals surface area contributed by atoms with Gasteiger partial charge in [-0.15, -0.1) is 0 Å². The lowest BCUT2D eigenvalue weighted by Gasteiger charge is -2.21. The third-order valence-electron chi connectivity index (χ3n) is 10.2. The molecule has 2 spiro atoms. The molecule has 7 rings (SSSR count). The average Bonchev–Trinajstić information content (AvgIpc) is 3.56. The van der Waals surface area contributed by atoms with Gasteiger partial charge in [-0.05, 0) is 72.0 Å². The number of rotatable bonds is 4. The highest BCUT2D eigenvalue weighted by Gasteiger charge is 2.85. The largest absolute Gasteiger partial charge is 0.309 e. The van der Waals surface area contributed by atoms with Crippen LogP contribution in [0.5, 0.6) is 0 Å². The Kier molecular flexibility index (Phi) is 2.43. The van der Waals surface area contributed by atoms with Gasteiger partial charge in [0.05, 0.1) is 12.4 Å². The Morgan fingerprint density at radius 2 is 1.36 bits per heavy atom. The Hall–Kier alpha value is -1.98. The van der Waals surface area contributed by atoms with E-state index in [9.17, 15) is 9.59 Å². The van der Waals surface area contributed by atoms with Crippen LogP contribution in [-0.2, 0) is 9.59 Å². The first-order valence-corrected chi connectivity index (χ1v) is 10.8. The summed E-state index contributed by atoms with van der Waals surface area (Å²) in [5.41, 5.74) is 1.38. The van der Waals surface area contributed by atoms with Gasteiger partial charge in [0.2, 0.25) is 11.8 Å². The van der Waals surface area contributed by atoms with E-state index in [1.807, 2.05) is 0 Å². The quantitative estimate of drug-likeness (QED) is 0.842. The molecule has 1 aromatic heterocycles. The van der Waals surface area contributed by atoms with Crippen LogP contribution in [0.15, 0.2) is 12.4 Å². The summed E-state index contributed by atoms with van der Waals surface area (Å²) in [5.74, 6) is 2.68. The summed E-state index contributed by atoms with van der Waals surface area (Å²) in [7, 11) is 0. The van der Waals surface area contributed by atoms with Crippen molar-refractivity contribution in [2.24, 2.45) is 45.3 Å². The van der Waals surface area contributed by atoms with Crippen molar-refractivity contribution in [1.82, 2.24) is 9.97 Å². The predicted molar refractivity (Wildman–Crippen MR) is 102 cm³/mol. The highest BCUT2D eigenvalue weighted by Crippen LogP contribution is 2.91. The Balaban J connectivity index is 1.04. The number of amides is 2. The molecule has 6 aliphatic carbocycles. The molecule has 28 heavy (non-hydrogen) atoms. The minimum absolute atomic E-state index is 0.0627. The van der Waals surface area contributed by atoms with E-state index in [0.717, 1.165) is 24.7 Å². The minimum atomic E-state index is 0.0627. The summed E-state index contributed by atoms with van der Waals surface area (Å²) >= 11 is 0. The number of carbonyl (C=O) groups excluding carboxylic acids is 2. The molecule has 0 radical (unpaired) electrons. The Morgan fingerprint density at radius 3 is 1.71 bits per heavy atom. The Labute approximate surface area is 164 Å². The van der Waals surface area contributed by atoms with Gasteiger partial charge in [-0.3, -0.25) is 14.6 Å². The van der Waals surface area contributed by atoms with Crippen LogP contribution in [0.4, 0.5) is 11.6 Å². The van der Waals surface area contributed by atoms with Crippen LogP contribution in [0.1, 0.15) is 52.4 Å². The third kappa shape index (κ3) is 1.64. The first-order chi connectivity index (χ1) is 13.3. The molecule has 146 valence electrons. The lowest BCUT2D eigenvalue weighted by atomic mass is 9.88. The number of aromatic nitrogens is 2. The Bertz CT molecular complexity index is 906. The van der Waals surface area contributed by atoms with Crippen molar-refractivity contribution >= 4 is 23.5 Å². The van der Waals surface area contributed by atoms with Gasteiger partial charge >= 0.3 is 0 Å². The van der Waals surface area contributed by atoms with Gasteiger partial charge in [0.25, 0.3) is 0 Å². The fourth-order valence-corrected chi connectivity index (χ4v) is 8.17. The summed E-state index contributed by atoms with van der Waals surface area (Å²) in [5, 5.41) is 5.92. The summed E-state index contributed by atoms with van der Waals surface area (Å²) in [6.07, 6.45) is 10.2. The Morgan fingerprint density at radius 1 is 0.893 bits per heavy atom. The standard InChI is InChI=1S/C22H26N4O2/c1-19-9-21(19)5-11(21)3-13(19)17(27)25-15-7-23-8-16(24-15)26-18(28)14-4-12-6-22(12)10-20(14,22)2/h7-8,11-14H,3-6,9-10H2,1-2H3,(H2,24,25,26,27,28). The third-order valence-corrected chi connectivity index (χ3v) is 10.2. The van der Waals surface area contributed by atoms with Crippen LogP contribution >= 0.6 is 0 Å². The van der Waals surface area contributed by atoms with Crippen LogP contribution in [0.2, 0.25) is 0 Å². The number of nitrogens with one attached hydrogen (secondary N) is 2. The second kappa shape index (κ2) is 4.29. The number of hydrogen-bond acceptors (Lipinski definition) is 4. The number of nitrogens with zero attached hydrogens (tertiary/aromatic N) is 2. The topological polar surface area (TPSA) is 84.0 Å². The van der Waals surface area contributed by atoms with Gasteiger partial charge in [0.15, 0.2) is 11.6 Å². The summed E-state index contributed by atoms with van der Waals surface area (Å²) in [4.78, 5) is 34.3. The second-order valence-corrected chi connectivity index (χ2v) is 11.1. The van der Waals surface area contributed by atoms with Gasteiger partial charge in [-0.2, -0.15) is 0 Å². The van der Waals surface area contributed by atoms with Crippen molar-refractivity contribution in [3.05, 3.63) is 12.4 Å². The van der Waals surface area contributed by atoms with E-state index in [1.54, 1.807) is 12.4 Å². The second-order valence-electron chi connectivity index (χ2n) is 11.1. The number of carbonyl (C=O) groups is 2. The normalized spacial score (nSPS) is 52.6. The average molecular weight is 378 g/mol. The monoisotopic (exact) mass is 378 g/mol. The van der Waals surface area contributed by atoms with E-state index in [2.05, 4.69) is 34.4 Å². The summed E-state index contributed by atoms with van der Waals surface area (Å²) in [6, 6.07) is 0. The van der Waals surface area contributed by atoms with Crippen molar-refractivity contribution < 1.29 is 9.59 Å². The molecule has 6 nitrogen and oxygen atoms in total. The van der Waals surface area contributed by atoms with Gasteiger partial charge in [-0.25, -0.2) is 4.98 Å². The van der Waals surface area contributed by atoms with Gasteiger partial charge in [0, 0.05) is 11.8 Å². The fraction of sp³-hybridized carbons (Fsp3) is 0.727. The lowest BCUT2D eigenvalue weighted by molar-refractivity contribution is -0.122. The zero-order valence-corrected chi connectivity index (χ0v) is 16.4. The van der Waals surface area contributed by atoms with Gasteiger partial charge in [0.1, 0.15) is 0 Å². The van der Waals surface area contributed by atoms with Crippen LogP contribution in [0.3, 0.4) is 0 Å². The predicted octanol–water partition coefficient (Wildman–Crippen LogP) is 3.23. The first-order valence-electron chi connectivity index (χ1n) is 10.8. The van der Waals surface area contributed by atoms with Crippen LogP contribution in [0, 0.1) is 45.3 Å². The fourth-order valence-electron chi connectivity index (χ4n) is 8.17. The molecule has 8 unspecified atom stereocenters. The van der Waals surface area contributed by atoms with Crippen molar-refractivity contribution in [3.8, 4) is 0 Å². The minimum Gasteiger partial charge on any atom is -0.309 e. The van der Waals surface area contributed by atoms with Gasteiger partial charge in [-0.1, -0.05) is 13.8 Å². The summed E-state index contributed by atoms with van der Waals surface area (Å²) in [6.45, 7) is 4.54. The molecule has 8 atom stereocenters. The maximum absolute atomic E-state index is 12.8. The molecule has 2 amide bonds. The number of hydrogen-bond donors (Lipinski definition) is 2. The van der Waals surface area contributed by atoms with E-state index >= 15 is 0 Å². The molecule has 0 bridgehead atoms. The molecule has 6 saturated carbocycles. The summed E-state index contributed by atoms with van der Waals surface area (Å²) < 4.78 is 0. The van der Waals surface area contributed by atoms with Gasteiger partial charge < -0.3 is 10.6 Å². The molecule has 1 aromatic rings. The van der Waals surface area contributed by atoms with Crippen LogP contribution in [0.25, 0.3) is 0 Å². The molecule has 1 heterocycles. The van der Waals surface area contributed by atoms with Crippen molar-refractivity contribution in [3.63, 3.8) is 0 Å². The molecule has 6 fully saturated rings. The van der Waals surface area contributed by atoms with E-state index in [0.29, 0.717) is 22.5 Å². The van der Waals surface area contributed by atoms with E-state index in [-0.39, 0.29) is 34.5 Å². The smallest absolute Gasteiger partial charge is 0.229 e. The molecule has 0 saturated heterocycles. The highest BCUT2D eigenvalue weighted by atomic mass is 16.2. The molecule has 2 N–H and O–H groups in total. The molecular weight excluding hydrogens is 352 g/mol. The van der Waals surface area contributed by atoms with Crippen molar-refractivity contribution in [1.29, 1.82) is 0 Å². The molecule has 6 aliphatic rings. The SMILES string of the molecule is CC12CC13CC3CC2C(=O)Nc1cncc(NC(=O)C2CC3CC34CC24C)n1. The van der Waals surface area contributed by atoms with Crippen LogP contribution in [-0.4, -0.2) is 21.8 Å². The molecular formula is C22H26N4O2. The number of anilines is 2. The lowest BCUT2D eigenvalue weighted by Crippen LogP contribution is -2.30. The van der Waals surface area contributed by atoms with E-state index in [1.165, 1.54) is 25.7 Å². The van der Waals surface area contributed by atoms with Crippen LogP contribution < -0.4 is 10.6 Å². The maximum atomic E-state index is 12.8. The maximum Gasteiger partial charge on any atom is 0.229 e.